The lowest BCUT2D eigenvalue weighted by atomic mass is 9.93. The van der Waals surface area contributed by atoms with E-state index in [-0.39, 0.29) is 54.0 Å². The molecule has 0 aliphatic heterocycles. The van der Waals surface area contributed by atoms with Crippen LogP contribution >= 0.6 is 11.6 Å². The molecule has 34 heteroatoms. The molecule has 5 atom stereocenters. The topological polar surface area (TPSA) is 304 Å². The average molecular weight is 1250 g/mol. The van der Waals surface area contributed by atoms with E-state index in [0.29, 0.717) is 6.07 Å². The SMILES string of the molecule is CC(C)(C#Cc1ccc(-c2ccc(Cl)c3c(CN(C(=O)/C=C/C(=O)N(CCC(=O)O)C(CC(=O)O)C(=O)O)S(=O)[O-])nn(CC(F)(F)F)c23)c(C(Cc2cc(F)cc(F)c2)NC(=O)Cn2nc(C(F)(F)F)c3c2C(F)(F)[C@@H]2C[C@H]32)n1)S(C)(=O)=O. The van der Waals surface area contributed by atoms with Gasteiger partial charge in [-0.05, 0) is 74.4 Å². The van der Waals surface area contributed by atoms with Crippen LogP contribution in [0.1, 0.15) is 84.7 Å². The van der Waals surface area contributed by atoms with Gasteiger partial charge in [0.1, 0.15) is 46.9 Å². The Balaban J connectivity index is 1.40. The molecular formula is C50H42ClF10N8O13S2-. The molecule has 2 aliphatic carbocycles. The van der Waals surface area contributed by atoms with E-state index in [1.807, 2.05) is 0 Å². The number of alkyl halides is 8. The van der Waals surface area contributed by atoms with Gasteiger partial charge in [0.15, 0.2) is 15.5 Å². The van der Waals surface area contributed by atoms with Crippen molar-refractivity contribution in [2.75, 3.05) is 12.8 Å². The molecular weight excluding hydrogens is 1210 g/mol. The van der Waals surface area contributed by atoms with Gasteiger partial charge in [0, 0.05) is 59.0 Å². The van der Waals surface area contributed by atoms with Gasteiger partial charge >= 0.3 is 30.3 Å². The summed E-state index contributed by atoms with van der Waals surface area (Å²) in [6, 6.07) is 2.12. The molecule has 3 amide bonds. The predicted octanol–water partition coefficient (Wildman–Crippen LogP) is 6.20. The van der Waals surface area contributed by atoms with Gasteiger partial charge < -0.3 is 30.1 Å². The molecule has 0 radical (unpaired) electrons. The number of benzene rings is 2. The predicted molar refractivity (Wildman–Crippen MR) is 269 cm³/mol. The zero-order valence-electron chi connectivity index (χ0n) is 43.2. The van der Waals surface area contributed by atoms with Crippen molar-refractivity contribution < 1.29 is 105 Å². The van der Waals surface area contributed by atoms with Crippen LogP contribution in [0, 0.1) is 29.4 Å². The molecule has 7 rings (SSSR count). The Bertz CT molecular complexity index is 3760. The number of carboxylic acid groups (broad SMARTS) is 3. The van der Waals surface area contributed by atoms with Crippen LogP contribution in [0.25, 0.3) is 22.0 Å². The Kier molecular flexibility index (Phi) is 17.9. The van der Waals surface area contributed by atoms with E-state index < -0.39 is 211 Å². The first kappa shape index (κ1) is 63.6. The molecule has 3 heterocycles. The molecule has 0 bridgehead atoms. The normalized spacial score (nSPS) is 16.7. The fourth-order valence-electron chi connectivity index (χ4n) is 9.26. The zero-order valence-corrected chi connectivity index (χ0v) is 45.6. The first-order valence-corrected chi connectivity index (χ1v) is 27.4. The number of nitrogens with zero attached hydrogens (tertiary/aromatic N) is 7. The summed E-state index contributed by atoms with van der Waals surface area (Å²) in [4.78, 5) is 80.4. The Labute approximate surface area is 474 Å². The summed E-state index contributed by atoms with van der Waals surface area (Å²) in [5, 5.41) is 36.7. The minimum Gasteiger partial charge on any atom is -0.755 e. The second kappa shape index (κ2) is 23.6. The van der Waals surface area contributed by atoms with Crippen LogP contribution in [0.3, 0.4) is 0 Å². The lowest BCUT2D eigenvalue weighted by Crippen LogP contribution is -2.46. The number of carbonyl (C=O) groups is 6. The van der Waals surface area contributed by atoms with E-state index in [2.05, 4.69) is 32.3 Å². The standard InChI is InChI=1S/C50H43ClF10N8O13S2/c1-47(2,84(3,81)82)12-10-26-4-5-27(42(62-26)32(16-23-14-24(52)17-25(53)15-23)63-35(70)21-67-45-40(44(65-67)50(59,60)61)29-18-30(29)49(45,57)58)28-6-7-31(51)41-33(64-68(43(28)41)22-48(54,55)56)20-69(83(79)80)37(72)9-8-36(71)66(13-11-38(73)74)34(46(77)78)19-39(75)76/h4-9,14-15,17,29-30,32,34H,11,13,16,18-22H2,1-3H3,(H,63,70)(H,73,74)(H,75,76)(H,77,78)(H,79,80)/p-1/b9-8+/t29-,30+,32?,34?/m0/s1. The van der Waals surface area contributed by atoms with Crippen molar-refractivity contribution in [1.82, 2.24) is 39.1 Å². The first-order chi connectivity index (χ1) is 38.8. The quantitative estimate of drug-likeness (QED) is 0.0275. The summed E-state index contributed by atoms with van der Waals surface area (Å²) in [7, 11) is -3.97. The second-order valence-corrected chi connectivity index (χ2v) is 23.5. The largest absolute Gasteiger partial charge is 0.755 e. The van der Waals surface area contributed by atoms with Gasteiger partial charge in [0.05, 0.1) is 58.6 Å². The minimum atomic E-state index is -5.27. The number of nitrogens with one attached hydrogen (secondary N) is 1. The van der Waals surface area contributed by atoms with E-state index in [9.17, 15) is 91.3 Å². The summed E-state index contributed by atoms with van der Waals surface area (Å²) in [5.74, 6) is -13.9. The second-order valence-electron chi connectivity index (χ2n) is 19.7. The highest BCUT2D eigenvalue weighted by atomic mass is 35.5. The molecule has 1 fully saturated rings. The highest BCUT2D eigenvalue weighted by Gasteiger charge is 2.68. The highest BCUT2D eigenvalue weighted by Crippen LogP contribution is 2.68. The number of amides is 3. The Hall–Kier alpha value is -7.96. The zero-order chi connectivity index (χ0) is 62.5. The van der Waals surface area contributed by atoms with Crippen molar-refractivity contribution in [2.45, 2.75) is 100 Å². The summed E-state index contributed by atoms with van der Waals surface area (Å²) in [6.45, 7) is -3.28. The Morgan fingerprint density at radius 2 is 1.57 bits per heavy atom. The third-order valence-electron chi connectivity index (χ3n) is 13.4. The number of rotatable bonds is 21. The third-order valence-corrected chi connectivity index (χ3v) is 16.3. The molecule has 3 aromatic heterocycles. The number of hydrogen-bond acceptors (Lipinski definition) is 13. The molecule has 5 aromatic rings. The number of carbonyl (C=O) groups excluding carboxylic acids is 3. The van der Waals surface area contributed by atoms with Gasteiger partial charge in [-0.25, -0.2) is 27.0 Å². The summed E-state index contributed by atoms with van der Waals surface area (Å²) in [5.41, 5.74) is -7.11. The number of carboxylic acids is 3. The lowest BCUT2D eigenvalue weighted by molar-refractivity contribution is -0.154. The molecule has 2 aliphatic rings. The van der Waals surface area contributed by atoms with E-state index >= 15 is 8.78 Å². The number of aromatic nitrogens is 5. The van der Waals surface area contributed by atoms with Gasteiger partial charge in [0.2, 0.25) is 11.8 Å². The number of halogens is 11. The number of hydrogen-bond donors (Lipinski definition) is 4. The molecule has 2 aromatic carbocycles. The van der Waals surface area contributed by atoms with Crippen LogP contribution in [-0.2, 0) is 88.0 Å². The Morgan fingerprint density at radius 3 is 2.14 bits per heavy atom. The summed E-state index contributed by atoms with van der Waals surface area (Å²) < 4.78 is 197. The lowest BCUT2D eigenvalue weighted by Gasteiger charge is -2.26. The number of sulfone groups is 1. The van der Waals surface area contributed by atoms with Gasteiger partial charge in [-0.2, -0.15) is 45.3 Å². The van der Waals surface area contributed by atoms with Gasteiger partial charge in [-0.1, -0.05) is 23.6 Å². The maximum atomic E-state index is 15.7. The van der Waals surface area contributed by atoms with Gasteiger partial charge in [-0.3, -0.25) is 41.9 Å². The van der Waals surface area contributed by atoms with Crippen LogP contribution in [0.5, 0.6) is 0 Å². The molecule has 84 heavy (non-hydrogen) atoms. The third kappa shape index (κ3) is 14.0. The average Bonchev–Trinajstić information content (AvgIpc) is 1.57. The van der Waals surface area contributed by atoms with Crippen molar-refractivity contribution in [2.24, 2.45) is 5.92 Å². The number of aliphatic carboxylic acids is 3. The minimum absolute atomic E-state index is 0.117. The van der Waals surface area contributed by atoms with Crippen LogP contribution in [0.2, 0.25) is 5.02 Å². The maximum absolute atomic E-state index is 15.7. The van der Waals surface area contributed by atoms with Crippen molar-refractivity contribution in [3.8, 4) is 23.0 Å². The van der Waals surface area contributed by atoms with E-state index in [1.165, 1.54) is 13.8 Å². The van der Waals surface area contributed by atoms with E-state index in [0.717, 1.165) is 42.7 Å². The molecule has 0 spiro atoms. The van der Waals surface area contributed by atoms with Crippen LogP contribution in [0.15, 0.2) is 54.6 Å². The number of pyridine rings is 1. The molecule has 0 saturated heterocycles. The first-order valence-electron chi connectivity index (χ1n) is 24.1. The van der Waals surface area contributed by atoms with Crippen molar-refractivity contribution in [3.05, 3.63) is 111 Å². The van der Waals surface area contributed by atoms with E-state index in [4.69, 9.17) is 16.7 Å². The summed E-state index contributed by atoms with van der Waals surface area (Å²) >= 11 is 2.90. The molecule has 450 valence electrons. The molecule has 21 nitrogen and oxygen atoms in total. The maximum Gasteiger partial charge on any atom is 0.435 e. The fourth-order valence-corrected chi connectivity index (χ4v) is 10.2. The number of fused-ring (bicyclic) bond motifs is 4. The van der Waals surface area contributed by atoms with Crippen molar-refractivity contribution in [3.63, 3.8) is 0 Å². The molecule has 4 N–H and O–H groups in total. The summed E-state index contributed by atoms with van der Waals surface area (Å²) in [6.07, 6.45) is -12.5. The molecule has 1 saturated carbocycles. The van der Waals surface area contributed by atoms with Crippen LogP contribution < -0.4 is 5.32 Å². The molecule has 3 unspecified atom stereocenters. The monoisotopic (exact) mass is 1250 g/mol. The van der Waals surface area contributed by atoms with Gasteiger partial charge in [0.25, 0.3) is 11.8 Å². The van der Waals surface area contributed by atoms with Gasteiger partial charge in [-0.15, -0.1) is 0 Å². The van der Waals surface area contributed by atoms with Crippen LogP contribution in [0.4, 0.5) is 43.9 Å². The fraction of sp³-hybridized carbons (Fsp3) is 0.380. The van der Waals surface area contributed by atoms with Crippen molar-refractivity contribution >= 4 is 79.2 Å². The van der Waals surface area contributed by atoms with Crippen molar-refractivity contribution in [1.29, 1.82) is 0 Å². The smallest absolute Gasteiger partial charge is 0.435 e. The highest BCUT2D eigenvalue weighted by molar-refractivity contribution is 7.92. The Morgan fingerprint density at radius 1 is 0.940 bits per heavy atom. The van der Waals surface area contributed by atoms with E-state index in [1.54, 1.807) is 0 Å². The van der Waals surface area contributed by atoms with Crippen LogP contribution in [-0.4, -0.2) is 132 Å².